The largest absolute Gasteiger partial charge is 0.348 e. The molecular formula is C14H15N7O. The van der Waals surface area contributed by atoms with Gasteiger partial charge in [0.15, 0.2) is 11.5 Å². The molecule has 8 nitrogen and oxygen atoms in total. The normalized spacial score (nSPS) is 17.4. The number of pyridine rings is 1. The molecule has 0 radical (unpaired) electrons. The van der Waals surface area contributed by atoms with Crippen molar-refractivity contribution in [3.63, 3.8) is 0 Å². The highest BCUT2D eigenvalue weighted by Gasteiger charge is 2.28. The molecule has 22 heavy (non-hydrogen) atoms. The van der Waals surface area contributed by atoms with Crippen molar-refractivity contribution < 1.29 is 4.79 Å². The molecule has 4 rings (SSSR count). The second-order valence-corrected chi connectivity index (χ2v) is 5.17. The molecule has 4 heterocycles. The average Bonchev–Trinajstić information content (AvgIpc) is 3.19. The van der Waals surface area contributed by atoms with E-state index in [0.717, 1.165) is 30.0 Å². The predicted octanol–water partition coefficient (Wildman–Crippen LogP) is -0.0444. The highest BCUT2D eigenvalue weighted by molar-refractivity contribution is 5.83. The molecule has 1 aliphatic heterocycles. The van der Waals surface area contributed by atoms with Crippen molar-refractivity contribution in [1.82, 2.24) is 35.2 Å². The van der Waals surface area contributed by atoms with E-state index in [1.807, 2.05) is 28.8 Å². The Morgan fingerprint density at radius 1 is 1.41 bits per heavy atom. The number of imidazole rings is 1. The van der Waals surface area contributed by atoms with E-state index in [9.17, 15) is 4.79 Å². The number of hydrogen-bond acceptors (Lipinski definition) is 5. The molecule has 1 atom stereocenters. The van der Waals surface area contributed by atoms with Crippen molar-refractivity contribution in [3.05, 3.63) is 47.9 Å². The second-order valence-electron chi connectivity index (χ2n) is 5.17. The quantitative estimate of drug-likeness (QED) is 0.629. The number of rotatable bonds is 3. The van der Waals surface area contributed by atoms with Crippen LogP contribution in [0.2, 0.25) is 0 Å². The van der Waals surface area contributed by atoms with Gasteiger partial charge >= 0.3 is 0 Å². The van der Waals surface area contributed by atoms with Gasteiger partial charge in [0.1, 0.15) is 6.04 Å². The van der Waals surface area contributed by atoms with E-state index in [1.165, 1.54) is 0 Å². The van der Waals surface area contributed by atoms with Crippen LogP contribution in [-0.2, 0) is 17.8 Å². The Morgan fingerprint density at radius 2 is 2.36 bits per heavy atom. The van der Waals surface area contributed by atoms with Crippen LogP contribution >= 0.6 is 0 Å². The number of aromatic nitrogens is 5. The summed E-state index contributed by atoms with van der Waals surface area (Å²) in [6, 6.07) is 5.25. The van der Waals surface area contributed by atoms with Gasteiger partial charge in [-0.1, -0.05) is 6.07 Å². The molecule has 1 amide bonds. The Kier molecular flexibility index (Phi) is 3.08. The van der Waals surface area contributed by atoms with Crippen LogP contribution in [-0.4, -0.2) is 37.0 Å². The van der Waals surface area contributed by atoms with Crippen LogP contribution in [0.25, 0.3) is 5.65 Å². The number of carbonyl (C=O) groups excluding carboxylic acids is 1. The zero-order valence-electron chi connectivity index (χ0n) is 11.8. The summed E-state index contributed by atoms with van der Waals surface area (Å²) in [7, 11) is 0. The lowest BCUT2D eigenvalue weighted by Crippen LogP contribution is -2.41. The third-order valence-corrected chi connectivity index (χ3v) is 3.82. The summed E-state index contributed by atoms with van der Waals surface area (Å²) in [6.07, 6.45) is 4.36. The number of amides is 1. The van der Waals surface area contributed by atoms with Gasteiger partial charge in [-0.25, -0.2) is 4.98 Å². The lowest BCUT2D eigenvalue weighted by atomic mass is 10.1. The van der Waals surface area contributed by atoms with Crippen molar-refractivity contribution in [2.24, 2.45) is 0 Å². The highest BCUT2D eigenvalue weighted by atomic mass is 16.2. The summed E-state index contributed by atoms with van der Waals surface area (Å²) in [5, 5.41) is 14.3. The summed E-state index contributed by atoms with van der Waals surface area (Å²) in [5.74, 6) is 0.586. The third-order valence-electron chi connectivity index (χ3n) is 3.82. The van der Waals surface area contributed by atoms with Gasteiger partial charge in [0.2, 0.25) is 5.91 Å². The van der Waals surface area contributed by atoms with Gasteiger partial charge in [-0.3, -0.25) is 9.20 Å². The summed E-state index contributed by atoms with van der Waals surface area (Å²) in [6.45, 7) is 1.07. The Morgan fingerprint density at radius 3 is 3.32 bits per heavy atom. The number of fused-ring (bicyclic) bond motifs is 2. The molecule has 0 saturated carbocycles. The number of hydrogen-bond donors (Lipinski definition) is 3. The van der Waals surface area contributed by atoms with Crippen LogP contribution in [0.5, 0.6) is 0 Å². The molecule has 1 aliphatic rings. The highest BCUT2D eigenvalue weighted by Crippen LogP contribution is 2.19. The maximum absolute atomic E-state index is 12.4. The minimum Gasteiger partial charge on any atom is -0.348 e. The number of H-pyrrole nitrogens is 1. The third kappa shape index (κ3) is 2.13. The van der Waals surface area contributed by atoms with Crippen LogP contribution in [0.4, 0.5) is 0 Å². The van der Waals surface area contributed by atoms with Crippen LogP contribution in [0.3, 0.4) is 0 Å². The molecule has 8 heteroatoms. The summed E-state index contributed by atoms with van der Waals surface area (Å²) in [4.78, 5) is 19.7. The fraction of sp³-hybridized carbons (Fsp3) is 0.286. The van der Waals surface area contributed by atoms with Crippen molar-refractivity contribution in [1.29, 1.82) is 0 Å². The monoisotopic (exact) mass is 297 g/mol. The van der Waals surface area contributed by atoms with Gasteiger partial charge in [0, 0.05) is 24.9 Å². The van der Waals surface area contributed by atoms with Crippen LogP contribution in [0.1, 0.15) is 23.3 Å². The van der Waals surface area contributed by atoms with E-state index >= 15 is 0 Å². The van der Waals surface area contributed by atoms with Gasteiger partial charge < -0.3 is 15.6 Å². The molecule has 3 aromatic heterocycles. The predicted molar refractivity (Wildman–Crippen MR) is 77.9 cm³/mol. The fourth-order valence-corrected chi connectivity index (χ4v) is 2.72. The Bertz CT molecular complexity index is 821. The summed E-state index contributed by atoms with van der Waals surface area (Å²) >= 11 is 0. The molecular weight excluding hydrogens is 282 g/mol. The minimum absolute atomic E-state index is 0.110. The first-order chi connectivity index (χ1) is 10.8. The molecule has 112 valence electrons. The van der Waals surface area contributed by atoms with Crippen molar-refractivity contribution >= 4 is 11.6 Å². The van der Waals surface area contributed by atoms with E-state index in [-0.39, 0.29) is 5.91 Å². The van der Waals surface area contributed by atoms with E-state index in [2.05, 4.69) is 30.8 Å². The zero-order chi connectivity index (χ0) is 14.9. The minimum atomic E-state index is -0.422. The second kappa shape index (κ2) is 5.23. The van der Waals surface area contributed by atoms with Gasteiger partial charge in [-0.05, 0) is 12.1 Å². The van der Waals surface area contributed by atoms with Gasteiger partial charge in [-0.15, -0.1) is 10.2 Å². The van der Waals surface area contributed by atoms with Crippen LogP contribution in [0, 0.1) is 0 Å². The van der Waals surface area contributed by atoms with E-state index in [4.69, 9.17) is 0 Å². The van der Waals surface area contributed by atoms with Crippen molar-refractivity contribution in [2.75, 3.05) is 6.54 Å². The maximum atomic E-state index is 12.4. The lowest BCUT2D eigenvalue weighted by molar-refractivity contribution is -0.123. The van der Waals surface area contributed by atoms with E-state index in [0.29, 0.717) is 12.4 Å². The first-order valence-electron chi connectivity index (χ1n) is 7.15. The number of nitrogens with one attached hydrogen (secondary N) is 3. The summed E-state index contributed by atoms with van der Waals surface area (Å²) in [5.41, 5.74) is 2.55. The van der Waals surface area contributed by atoms with Crippen molar-refractivity contribution in [2.45, 2.75) is 19.0 Å². The molecule has 0 spiro atoms. The molecule has 0 unspecified atom stereocenters. The Hall–Kier alpha value is -2.74. The zero-order valence-corrected chi connectivity index (χ0v) is 11.8. The number of aromatic amines is 1. The Balaban J connectivity index is 1.50. The SMILES string of the molecule is O=C(NCc1nnc2ccccn12)[C@@H]1NCCc2[nH]cnc21. The van der Waals surface area contributed by atoms with Gasteiger partial charge in [0.25, 0.3) is 0 Å². The maximum Gasteiger partial charge on any atom is 0.243 e. The first-order valence-corrected chi connectivity index (χ1v) is 7.15. The summed E-state index contributed by atoms with van der Waals surface area (Å²) < 4.78 is 1.86. The molecule has 0 fully saturated rings. The van der Waals surface area contributed by atoms with E-state index in [1.54, 1.807) is 6.33 Å². The van der Waals surface area contributed by atoms with Crippen molar-refractivity contribution in [3.8, 4) is 0 Å². The smallest absolute Gasteiger partial charge is 0.243 e. The number of nitrogens with zero attached hydrogens (tertiary/aromatic N) is 4. The molecule has 0 bridgehead atoms. The van der Waals surface area contributed by atoms with Crippen LogP contribution in [0.15, 0.2) is 30.7 Å². The topological polar surface area (TPSA) is 100 Å². The number of carbonyl (C=O) groups is 1. The standard InChI is InChI=1S/C14H15N7O/c22-14(13-12-9(4-5-15-13)17-8-18-12)16-7-11-20-19-10-3-1-2-6-21(10)11/h1-3,6,8,13,15H,4-5,7H2,(H,16,22)(H,17,18)/t13-/m1/s1. The average molecular weight is 297 g/mol. The molecule has 3 N–H and O–H groups in total. The fourth-order valence-electron chi connectivity index (χ4n) is 2.72. The van der Waals surface area contributed by atoms with Crippen LogP contribution < -0.4 is 10.6 Å². The van der Waals surface area contributed by atoms with Gasteiger partial charge in [0.05, 0.1) is 18.6 Å². The lowest BCUT2D eigenvalue weighted by Gasteiger charge is -2.21. The van der Waals surface area contributed by atoms with Gasteiger partial charge in [-0.2, -0.15) is 0 Å². The Labute approximate surface area is 126 Å². The molecule has 3 aromatic rings. The molecule has 0 saturated heterocycles. The molecule has 0 aliphatic carbocycles. The van der Waals surface area contributed by atoms with E-state index < -0.39 is 6.04 Å². The first kappa shape index (κ1) is 13.0. The molecule has 0 aromatic carbocycles.